The van der Waals surface area contributed by atoms with Gasteiger partial charge in [-0.3, -0.25) is 10.1 Å². The zero-order valence-corrected chi connectivity index (χ0v) is 17.7. The SMILES string of the molecule is O=C(N[C@@H]1N=C(c2ccccc2Cl)c2cc(Cl)ccc2NC1=O)OCc1ccccc1. The molecule has 2 N–H and O–H groups in total. The van der Waals surface area contributed by atoms with Crippen LogP contribution in [0.3, 0.4) is 0 Å². The number of carbonyl (C=O) groups is 2. The van der Waals surface area contributed by atoms with E-state index in [4.69, 9.17) is 27.9 Å². The van der Waals surface area contributed by atoms with E-state index < -0.39 is 18.2 Å². The maximum Gasteiger partial charge on any atom is 0.409 e. The van der Waals surface area contributed by atoms with Crippen molar-refractivity contribution in [2.24, 2.45) is 4.99 Å². The summed E-state index contributed by atoms with van der Waals surface area (Å²) < 4.78 is 5.23. The fraction of sp³-hybridized carbons (Fsp3) is 0.0870. The molecule has 0 spiro atoms. The highest BCUT2D eigenvalue weighted by atomic mass is 35.5. The lowest BCUT2D eigenvalue weighted by Crippen LogP contribution is -2.42. The number of benzodiazepines with no additional fused rings is 1. The number of alkyl carbamates (subject to hydrolysis) is 1. The van der Waals surface area contributed by atoms with Crippen LogP contribution in [-0.4, -0.2) is 23.9 Å². The quantitative estimate of drug-likeness (QED) is 0.580. The summed E-state index contributed by atoms with van der Waals surface area (Å²) in [6.45, 7) is 0.0674. The van der Waals surface area contributed by atoms with Gasteiger partial charge in [0.2, 0.25) is 6.17 Å². The first-order chi connectivity index (χ1) is 15.0. The van der Waals surface area contributed by atoms with Crippen molar-refractivity contribution in [3.63, 3.8) is 0 Å². The Hall–Kier alpha value is -3.35. The van der Waals surface area contributed by atoms with Crippen LogP contribution < -0.4 is 10.6 Å². The monoisotopic (exact) mass is 453 g/mol. The lowest BCUT2D eigenvalue weighted by molar-refractivity contribution is -0.117. The van der Waals surface area contributed by atoms with Crippen molar-refractivity contribution in [3.8, 4) is 0 Å². The maximum absolute atomic E-state index is 12.8. The number of benzene rings is 3. The van der Waals surface area contributed by atoms with E-state index in [1.54, 1.807) is 36.4 Å². The molecule has 1 aliphatic rings. The number of aliphatic imine (C=N–C) groups is 1. The molecule has 8 heteroatoms. The molecule has 0 fully saturated rings. The Morgan fingerprint density at radius 1 is 1.00 bits per heavy atom. The van der Waals surface area contributed by atoms with Crippen LogP contribution in [-0.2, 0) is 16.1 Å². The standard InChI is InChI=1S/C23H17Cl2N3O3/c24-15-10-11-19-17(12-15)20(16-8-4-5-9-18(16)25)27-21(22(29)26-19)28-23(30)31-13-14-6-2-1-3-7-14/h1-12,21H,13H2,(H,26,29)(H,28,30)/t21-/m0/s1. The number of hydrogen-bond acceptors (Lipinski definition) is 4. The number of anilines is 1. The highest BCUT2D eigenvalue weighted by Crippen LogP contribution is 2.29. The molecule has 0 unspecified atom stereocenters. The Kier molecular flexibility index (Phi) is 6.21. The first-order valence-electron chi connectivity index (χ1n) is 9.42. The van der Waals surface area contributed by atoms with Crippen LogP contribution in [0.1, 0.15) is 16.7 Å². The molecule has 0 radical (unpaired) electrons. The van der Waals surface area contributed by atoms with E-state index >= 15 is 0 Å². The third-order valence-corrected chi connectivity index (χ3v) is 5.16. The molecule has 0 bridgehead atoms. The molecule has 6 nitrogen and oxygen atoms in total. The molecule has 3 aromatic carbocycles. The summed E-state index contributed by atoms with van der Waals surface area (Å²) in [5.74, 6) is -0.512. The van der Waals surface area contributed by atoms with Gasteiger partial charge >= 0.3 is 6.09 Å². The number of rotatable bonds is 4. The minimum absolute atomic E-state index is 0.0674. The summed E-state index contributed by atoms with van der Waals surface area (Å²) in [6, 6.07) is 21.4. The molecule has 156 valence electrons. The summed E-state index contributed by atoms with van der Waals surface area (Å²) >= 11 is 12.6. The van der Waals surface area contributed by atoms with Gasteiger partial charge < -0.3 is 10.1 Å². The van der Waals surface area contributed by atoms with E-state index in [0.29, 0.717) is 32.6 Å². The van der Waals surface area contributed by atoms with Gasteiger partial charge in [0.15, 0.2) is 0 Å². The van der Waals surface area contributed by atoms with Crippen LogP contribution >= 0.6 is 23.2 Å². The Morgan fingerprint density at radius 3 is 2.52 bits per heavy atom. The fourth-order valence-corrected chi connectivity index (χ4v) is 3.52. The number of fused-ring (bicyclic) bond motifs is 1. The van der Waals surface area contributed by atoms with Crippen molar-refractivity contribution in [1.82, 2.24) is 5.32 Å². The first-order valence-corrected chi connectivity index (χ1v) is 10.2. The van der Waals surface area contributed by atoms with Crippen molar-refractivity contribution in [1.29, 1.82) is 0 Å². The highest BCUT2D eigenvalue weighted by molar-refractivity contribution is 6.37. The number of hydrogen-bond donors (Lipinski definition) is 2. The number of halogens is 2. The van der Waals surface area contributed by atoms with E-state index in [2.05, 4.69) is 15.6 Å². The van der Waals surface area contributed by atoms with Gasteiger partial charge in [0.05, 0.1) is 11.4 Å². The molecule has 4 rings (SSSR count). The summed E-state index contributed by atoms with van der Waals surface area (Å²) in [4.78, 5) is 29.6. The summed E-state index contributed by atoms with van der Waals surface area (Å²) in [6.07, 6.45) is -1.99. The number of carbonyl (C=O) groups excluding carboxylic acids is 2. The molecule has 2 amide bonds. The largest absolute Gasteiger partial charge is 0.445 e. The summed E-state index contributed by atoms with van der Waals surface area (Å²) in [5, 5.41) is 6.21. The zero-order valence-electron chi connectivity index (χ0n) is 16.1. The molecule has 1 heterocycles. The molecule has 1 aliphatic heterocycles. The van der Waals surface area contributed by atoms with Crippen LogP contribution in [0.2, 0.25) is 10.0 Å². The van der Waals surface area contributed by atoms with E-state index in [-0.39, 0.29) is 6.61 Å². The number of nitrogens with one attached hydrogen (secondary N) is 2. The molecule has 1 atom stereocenters. The fourth-order valence-electron chi connectivity index (χ4n) is 3.12. The van der Waals surface area contributed by atoms with Gasteiger partial charge in [-0.15, -0.1) is 0 Å². The molecule has 0 saturated heterocycles. The van der Waals surface area contributed by atoms with Crippen LogP contribution in [0.4, 0.5) is 10.5 Å². The first kappa shape index (κ1) is 20.9. The van der Waals surface area contributed by atoms with Gasteiger partial charge in [-0.1, -0.05) is 71.7 Å². The van der Waals surface area contributed by atoms with E-state index in [1.807, 2.05) is 36.4 Å². The normalized spacial score (nSPS) is 15.2. The van der Waals surface area contributed by atoms with Gasteiger partial charge in [-0.25, -0.2) is 9.79 Å². The van der Waals surface area contributed by atoms with Crippen LogP contribution in [0, 0.1) is 0 Å². The number of amides is 2. The van der Waals surface area contributed by atoms with Crippen molar-refractivity contribution >= 4 is 46.6 Å². The molecule has 0 saturated carbocycles. The minimum Gasteiger partial charge on any atom is -0.445 e. The van der Waals surface area contributed by atoms with Gasteiger partial charge in [-0.05, 0) is 29.8 Å². The molecule has 0 aromatic heterocycles. The minimum atomic E-state index is -1.22. The van der Waals surface area contributed by atoms with Crippen molar-refractivity contribution in [2.75, 3.05) is 5.32 Å². The zero-order chi connectivity index (χ0) is 21.8. The lowest BCUT2D eigenvalue weighted by atomic mass is 10.0. The van der Waals surface area contributed by atoms with Gasteiger partial charge in [-0.2, -0.15) is 0 Å². The number of nitrogens with zero attached hydrogens (tertiary/aromatic N) is 1. The van der Waals surface area contributed by atoms with Gasteiger partial charge in [0.1, 0.15) is 6.61 Å². The maximum atomic E-state index is 12.8. The number of ether oxygens (including phenoxy) is 1. The average molecular weight is 454 g/mol. The van der Waals surface area contributed by atoms with Crippen molar-refractivity contribution in [2.45, 2.75) is 12.8 Å². The van der Waals surface area contributed by atoms with Crippen molar-refractivity contribution in [3.05, 3.63) is 99.5 Å². The van der Waals surface area contributed by atoms with Crippen LogP contribution in [0.15, 0.2) is 77.8 Å². The van der Waals surface area contributed by atoms with Crippen molar-refractivity contribution < 1.29 is 14.3 Å². The molecule has 3 aromatic rings. The van der Waals surface area contributed by atoms with Gasteiger partial charge in [0, 0.05) is 21.2 Å². The lowest BCUT2D eigenvalue weighted by Gasteiger charge is -2.14. The summed E-state index contributed by atoms with van der Waals surface area (Å²) in [7, 11) is 0. The Labute approximate surface area is 188 Å². The van der Waals surface area contributed by atoms with Crippen LogP contribution in [0.25, 0.3) is 0 Å². The van der Waals surface area contributed by atoms with E-state index in [0.717, 1.165) is 5.56 Å². The van der Waals surface area contributed by atoms with Crippen LogP contribution in [0.5, 0.6) is 0 Å². The third-order valence-electron chi connectivity index (χ3n) is 4.60. The smallest absolute Gasteiger partial charge is 0.409 e. The Balaban J connectivity index is 1.64. The molecular weight excluding hydrogens is 437 g/mol. The third kappa shape index (κ3) is 4.87. The predicted molar refractivity (Wildman–Crippen MR) is 121 cm³/mol. The molecule has 31 heavy (non-hydrogen) atoms. The predicted octanol–water partition coefficient (Wildman–Crippen LogP) is 5.04. The highest BCUT2D eigenvalue weighted by Gasteiger charge is 2.28. The second-order valence-corrected chi connectivity index (χ2v) is 7.59. The molecule has 0 aliphatic carbocycles. The van der Waals surface area contributed by atoms with E-state index in [9.17, 15) is 9.59 Å². The topological polar surface area (TPSA) is 79.8 Å². The Morgan fingerprint density at radius 2 is 1.74 bits per heavy atom. The Bertz CT molecular complexity index is 1170. The molecular formula is C23H17Cl2N3O3. The second-order valence-electron chi connectivity index (χ2n) is 6.75. The average Bonchev–Trinajstić information content (AvgIpc) is 2.90. The second kappa shape index (κ2) is 9.20. The van der Waals surface area contributed by atoms with E-state index in [1.165, 1.54) is 0 Å². The summed E-state index contributed by atoms with van der Waals surface area (Å²) in [5.41, 5.74) is 2.96. The van der Waals surface area contributed by atoms with Gasteiger partial charge in [0.25, 0.3) is 5.91 Å².